The molecular weight excluding hydrogens is 514 g/mol. The van der Waals surface area contributed by atoms with E-state index in [0.29, 0.717) is 37.0 Å². The fraction of sp³-hybridized carbons (Fsp3) is 0.714. The number of oxazole rings is 1. The number of carbonyl (C=O) groups excluding carboxylic acids is 1. The van der Waals surface area contributed by atoms with E-state index < -0.39 is 12.2 Å². The second kappa shape index (κ2) is 12.2. The fourth-order valence-corrected chi connectivity index (χ4v) is 8.56. The molecule has 0 saturated heterocycles. The average molecular weight is 566 g/mol. The summed E-state index contributed by atoms with van der Waals surface area (Å²) in [5.41, 5.74) is 4.13. The van der Waals surface area contributed by atoms with Crippen molar-refractivity contribution in [1.29, 1.82) is 0 Å². The van der Waals surface area contributed by atoms with Crippen molar-refractivity contribution in [2.24, 2.45) is 23.2 Å². The monoisotopic (exact) mass is 565 g/mol. The van der Waals surface area contributed by atoms with Crippen LogP contribution in [0.15, 0.2) is 46.1 Å². The highest BCUT2D eigenvalue weighted by molar-refractivity contribution is 5.69. The Bertz CT molecular complexity index is 1170. The topological polar surface area (TPSA) is 92.8 Å². The first-order valence-corrected chi connectivity index (χ1v) is 16.1. The lowest BCUT2D eigenvalue weighted by Gasteiger charge is -2.44. The molecule has 0 aromatic carbocycles. The van der Waals surface area contributed by atoms with Crippen molar-refractivity contribution < 1.29 is 24.2 Å². The fourth-order valence-electron chi connectivity index (χ4n) is 8.56. The van der Waals surface area contributed by atoms with Gasteiger partial charge in [0.1, 0.15) is 12.4 Å². The van der Waals surface area contributed by atoms with Crippen LogP contribution in [0.4, 0.5) is 0 Å². The van der Waals surface area contributed by atoms with Gasteiger partial charge in [-0.05, 0) is 112 Å². The molecule has 0 aliphatic heterocycles. The maximum absolute atomic E-state index is 12.7. The zero-order valence-corrected chi connectivity index (χ0v) is 25.7. The molecule has 4 aliphatic carbocycles. The summed E-state index contributed by atoms with van der Waals surface area (Å²) < 4.78 is 12.0. The van der Waals surface area contributed by atoms with Gasteiger partial charge in [0.2, 0.25) is 5.89 Å². The van der Waals surface area contributed by atoms with Gasteiger partial charge >= 0.3 is 5.97 Å². The minimum atomic E-state index is -0.649. The Balaban J connectivity index is 1.28. The van der Waals surface area contributed by atoms with Crippen LogP contribution in [0.3, 0.4) is 0 Å². The number of fused-ring (bicyclic) bond motifs is 1. The van der Waals surface area contributed by atoms with Crippen LogP contribution < -0.4 is 0 Å². The minimum Gasteiger partial charge on any atom is -0.461 e. The highest BCUT2D eigenvalue weighted by Gasteiger charge is 2.57. The van der Waals surface area contributed by atoms with Crippen LogP contribution in [0.25, 0.3) is 0 Å². The third-order valence-electron chi connectivity index (χ3n) is 11.1. The SMILES string of the molecule is C=C1C(=CC=C2CCC[C@]3(C)[C@@H]([C@H](C)CC[C@H](OC(=O)CCC)C4(c5nc(C)co5)CC4)CC[C@@H]23)C[C@@H](O)C[C@@H]1O. The number of nitrogens with zero attached hydrogens (tertiary/aromatic N) is 1. The van der Waals surface area contributed by atoms with Gasteiger partial charge in [0.05, 0.1) is 23.3 Å². The van der Waals surface area contributed by atoms with E-state index in [1.54, 1.807) is 6.26 Å². The lowest BCUT2D eigenvalue weighted by molar-refractivity contribution is -0.152. The van der Waals surface area contributed by atoms with Gasteiger partial charge in [0.25, 0.3) is 0 Å². The highest BCUT2D eigenvalue weighted by Crippen LogP contribution is 2.60. The molecule has 7 atom stereocenters. The molecule has 2 N–H and O–H groups in total. The van der Waals surface area contributed by atoms with E-state index in [9.17, 15) is 15.0 Å². The first-order chi connectivity index (χ1) is 19.6. The van der Waals surface area contributed by atoms with Crippen molar-refractivity contribution in [3.05, 3.63) is 53.3 Å². The zero-order chi connectivity index (χ0) is 29.4. The van der Waals surface area contributed by atoms with Gasteiger partial charge < -0.3 is 19.4 Å². The number of ether oxygens (including phenoxy) is 1. The average Bonchev–Trinajstić information content (AvgIpc) is 3.48. The summed E-state index contributed by atoms with van der Waals surface area (Å²) >= 11 is 0. The van der Waals surface area contributed by atoms with Crippen molar-refractivity contribution >= 4 is 5.97 Å². The van der Waals surface area contributed by atoms with Gasteiger partial charge in [-0.3, -0.25) is 4.79 Å². The number of allylic oxidation sites excluding steroid dienone is 3. The zero-order valence-electron chi connectivity index (χ0n) is 25.7. The Morgan fingerprint density at radius 1 is 1.24 bits per heavy atom. The van der Waals surface area contributed by atoms with Crippen molar-refractivity contribution in [3.8, 4) is 0 Å². The molecule has 4 fully saturated rings. The molecule has 4 aliphatic rings. The Hall–Kier alpha value is -2.18. The van der Waals surface area contributed by atoms with E-state index in [1.165, 1.54) is 31.3 Å². The standard InChI is InChI=1S/C35H51NO5/c1-6-8-32(39)41-31(35(17-18-35)33-36-23(3)21-40-33)15-10-22(2)28-13-14-29-25(9-7-16-34(28,29)5)11-12-26-19-27(37)20-30(38)24(26)4/h11-12,21-22,27-31,37-38H,4,6-10,13-20H2,1-3,5H3/t22-,27-,28-,29+,30+,31+,34-/m1/s1. The predicted molar refractivity (Wildman–Crippen MR) is 160 cm³/mol. The van der Waals surface area contributed by atoms with Crippen molar-refractivity contribution in [3.63, 3.8) is 0 Å². The Labute approximate surface area is 246 Å². The van der Waals surface area contributed by atoms with Crippen molar-refractivity contribution in [2.45, 2.75) is 135 Å². The van der Waals surface area contributed by atoms with E-state index in [0.717, 1.165) is 61.3 Å². The molecule has 5 rings (SSSR count). The van der Waals surface area contributed by atoms with E-state index >= 15 is 0 Å². The molecule has 1 heterocycles. The molecule has 6 nitrogen and oxygen atoms in total. The molecule has 0 radical (unpaired) electrons. The number of aliphatic hydroxyl groups excluding tert-OH is 2. The van der Waals surface area contributed by atoms with E-state index in [2.05, 4.69) is 37.6 Å². The largest absolute Gasteiger partial charge is 0.461 e. The third-order valence-corrected chi connectivity index (χ3v) is 11.1. The lowest BCUT2D eigenvalue weighted by Crippen LogP contribution is -2.37. The van der Waals surface area contributed by atoms with Gasteiger partial charge in [-0.2, -0.15) is 0 Å². The van der Waals surface area contributed by atoms with Crippen LogP contribution in [-0.2, 0) is 14.9 Å². The molecule has 0 unspecified atom stereocenters. The number of hydrogen-bond donors (Lipinski definition) is 2. The predicted octanol–water partition coefficient (Wildman–Crippen LogP) is 7.28. The Morgan fingerprint density at radius 3 is 2.71 bits per heavy atom. The molecule has 0 spiro atoms. The third kappa shape index (κ3) is 6.15. The highest BCUT2D eigenvalue weighted by atomic mass is 16.5. The smallest absolute Gasteiger partial charge is 0.306 e. The van der Waals surface area contributed by atoms with Gasteiger partial charge in [-0.25, -0.2) is 4.98 Å². The van der Waals surface area contributed by atoms with Crippen LogP contribution in [0, 0.1) is 30.1 Å². The Kier molecular flexibility index (Phi) is 9.01. The van der Waals surface area contributed by atoms with Crippen LogP contribution in [0.1, 0.15) is 116 Å². The van der Waals surface area contributed by atoms with Crippen LogP contribution in [0.5, 0.6) is 0 Å². The van der Waals surface area contributed by atoms with Crippen molar-refractivity contribution in [2.75, 3.05) is 0 Å². The molecule has 1 aromatic heterocycles. The Morgan fingerprint density at radius 2 is 2.02 bits per heavy atom. The summed E-state index contributed by atoms with van der Waals surface area (Å²) in [6, 6.07) is 0. The summed E-state index contributed by atoms with van der Waals surface area (Å²) in [6.07, 6.45) is 16.8. The normalized spacial score (nSPS) is 34.4. The molecular formula is C35H51NO5. The van der Waals surface area contributed by atoms with Gasteiger partial charge in [0.15, 0.2) is 0 Å². The van der Waals surface area contributed by atoms with E-state index in [4.69, 9.17) is 9.15 Å². The maximum atomic E-state index is 12.7. The summed E-state index contributed by atoms with van der Waals surface area (Å²) in [7, 11) is 0. The first kappa shape index (κ1) is 30.3. The van der Waals surface area contributed by atoms with Crippen LogP contribution in [-0.4, -0.2) is 39.5 Å². The lowest BCUT2D eigenvalue weighted by atomic mass is 9.60. The second-order valence-electron chi connectivity index (χ2n) is 13.9. The van der Waals surface area contributed by atoms with Gasteiger partial charge in [-0.15, -0.1) is 0 Å². The number of aliphatic hydroxyl groups is 2. The molecule has 41 heavy (non-hydrogen) atoms. The minimum absolute atomic E-state index is 0.107. The molecule has 6 heteroatoms. The number of aryl methyl sites for hydroxylation is 1. The summed E-state index contributed by atoms with van der Waals surface area (Å²) in [6.45, 7) is 13.0. The first-order valence-electron chi connectivity index (χ1n) is 16.1. The number of aromatic nitrogens is 1. The maximum Gasteiger partial charge on any atom is 0.306 e. The van der Waals surface area contributed by atoms with Gasteiger partial charge in [-0.1, -0.05) is 45.1 Å². The molecule has 226 valence electrons. The summed E-state index contributed by atoms with van der Waals surface area (Å²) in [4.78, 5) is 17.3. The van der Waals surface area contributed by atoms with Crippen molar-refractivity contribution in [1.82, 2.24) is 4.98 Å². The number of esters is 1. The molecule has 0 amide bonds. The van der Waals surface area contributed by atoms with E-state index in [1.807, 2.05) is 13.8 Å². The van der Waals surface area contributed by atoms with Crippen LogP contribution in [0.2, 0.25) is 0 Å². The number of hydrogen-bond acceptors (Lipinski definition) is 6. The quantitative estimate of drug-likeness (QED) is 0.290. The number of carbonyl (C=O) groups is 1. The number of rotatable bonds is 10. The molecule has 1 aromatic rings. The van der Waals surface area contributed by atoms with Gasteiger partial charge in [0, 0.05) is 12.8 Å². The summed E-state index contributed by atoms with van der Waals surface area (Å²) in [5.74, 6) is 2.35. The molecule has 4 saturated carbocycles. The van der Waals surface area contributed by atoms with E-state index in [-0.39, 0.29) is 22.9 Å². The van der Waals surface area contributed by atoms with Crippen LogP contribution >= 0.6 is 0 Å². The summed E-state index contributed by atoms with van der Waals surface area (Å²) in [5, 5.41) is 20.4. The second-order valence-corrected chi connectivity index (χ2v) is 13.9. The molecule has 0 bridgehead atoms.